The molecule has 160 valence electrons. The average Bonchev–Trinajstić information content (AvgIpc) is 2.77. The fourth-order valence-corrected chi connectivity index (χ4v) is 4.54. The molecule has 1 aliphatic rings. The lowest BCUT2D eigenvalue weighted by Gasteiger charge is -2.37. The van der Waals surface area contributed by atoms with Crippen LogP contribution in [0.15, 0.2) is 59.7 Å². The largest absolute Gasteiger partial charge is 0.366 e. The molecule has 1 fully saturated rings. The van der Waals surface area contributed by atoms with E-state index in [1.807, 2.05) is 18.2 Å². The molecule has 1 aromatic heterocycles. The fourth-order valence-electron chi connectivity index (χ4n) is 4.54. The van der Waals surface area contributed by atoms with Crippen LogP contribution in [0.1, 0.15) is 48.9 Å². The molecule has 2 amide bonds. The minimum absolute atomic E-state index is 0.0713. The second-order valence-corrected chi connectivity index (χ2v) is 8.42. The van der Waals surface area contributed by atoms with E-state index in [0.29, 0.717) is 35.1 Å². The van der Waals surface area contributed by atoms with E-state index < -0.39 is 5.91 Å². The van der Waals surface area contributed by atoms with Gasteiger partial charge in [-0.3, -0.25) is 19.0 Å². The molecule has 2 aromatic carbocycles. The van der Waals surface area contributed by atoms with Crippen molar-refractivity contribution in [1.82, 2.24) is 9.55 Å². The first-order valence-corrected chi connectivity index (χ1v) is 10.6. The SMILES string of the molecule is NC(=O)c1ccc(NC(=O)CC2(Cn3cnc4ccccc4c3=O)CCCCC2)cc1. The topological polar surface area (TPSA) is 107 Å². The summed E-state index contributed by atoms with van der Waals surface area (Å²) in [6.45, 7) is 0.470. The van der Waals surface area contributed by atoms with Gasteiger partial charge in [-0.2, -0.15) is 0 Å². The van der Waals surface area contributed by atoms with E-state index >= 15 is 0 Å². The summed E-state index contributed by atoms with van der Waals surface area (Å²) in [7, 11) is 0. The number of hydrogen-bond acceptors (Lipinski definition) is 4. The molecule has 31 heavy (non-hydrogen) atoms. The normalized spacial score (nSPS) is 15.5. The van der Waals surface area contributed by atoms with Gasteiger partial charge in [0.25, 0.3) is 5.56 Å². The maximum absolute atomic E-state index is 13.0. The number of para-hydroxylation sites is 1. The van der Waals surface area contributed by atoms with Gasteiger partial charge in [0.15, 0.2) is 0 Å². The van der Waals surface area contributed by atoms with E-state index in [2.05, 4.69) is 10.3 Å². The van der Waals surface area contributed by atoms with E-state index in [9.17, 15) is 14.4 Å². The molecule has 0 bridgehead atoms. The van der Waals surface area contributed by atoms with Crippen LogP contribution >= 0.6 is 0 Å². The number of hydrogen-bond donors (Lipinski definition) is 2. The standard InChI is InChI=1S/C24H26N4O3/c25-22(30)17-8-10-18(11-9-17)27-21(29)14-24(12-4-1-5-13-24)15-28-16-26-20-7-3-2-6-19(20)23(28)31/h2-3,6-11,16H,1,4-5,12-15H2,(H2,25,30)(H,27,29). The van der Waals surface area contributed by atoms with Crippen LogP contribution in [0.25, 0.3) is 10.9 Å². The Bertz CT molecular complexity index is 1160. The second kappa shape index (κ2) is 8.71. The molecular weight excluding hydrogens is 392 g/mol. The highest BCUT2D eigenvalue weighted by molar-refractivity contribution is 5.95. The molecule has 0 saturated heterocycles. The summed E-state index contributed by atoms with van der Waals surface area (Å²) in [5.41, 5.74) is 6.60. The predicted octanol–water partition coefficient (Wildman–Crippen LogP) is 3.47. The summed E-state index contributed by atoms with van der Waals surface area (Å²) in [5, 5.41) is 3.51. The van der Waals surface area contributed by atoms with E-state index in [-0.39, 0.29) is 16.9 Å². The Morgan fingerprint density at radius 3 is 2.45 bits per heavy atom. The van der Waals surface area contributed by atoms with E-state index in [0.717, 1.165) is 32.1 Å². The van der Waals surface area contributed by atoms with Crippen LogP contribution in [0, 0.1) is 5.41 Å². The molecule has 1 heterocycles. The zero-order valence-corrected chi connectivity index (χ0v) is 17.3. The van der Waals surface area contributed by atoms with Gasteiger partial charge in [-0.1, -0.05) is 31.4 Å². The molecule has 3 aromatic rings. The lowest BCUT2D eigenvalue weighted by molar-refractivity contribution is -0.119. The highest BCUT2D eigenvalue weighted by Gasteiger charge is 2.35. The first kappa shape index (κ1) is 20.8. The van der Waals surface area contributed by atoms with Gasteiger partial charge >= 0.3 is 0 Å². The third kappa shape index (κ3) is 4.66. The van der Waals surface area contributed by atoms with Crippen molar-refractivity contribution in [2.75, 3.05) is 5.32 Å². The van der Waals surface area contributed by atoms with E-state index in [4.69, 9.17) is 5.73 Å². The molecule has 1 aliphatic carbocycles. The van der Waals surface area contributed by atoms with Crippen LogP contribution in [-0.4, -0.2) is 21.4 Å². The van der Waals surface area contributed by atoms with Gasteiger partial charge in [0.05, 0.1) is 17.2 Å². The Balaban J connectivity index is 1.54. The molecule has 0 unspecified atom stereocenters. The van der Waals surface area contributed by atoms with Crippen LogP contribution in [0.5, 0.6) is 0 Å². The summed E-state index contributed by atoms with van der Waals surface area (Å²) in [5.74, 6) is -0.607. The molecule has 0 radical (unpaired) electrons. The Morgan fingerprint density at radius 2 is 1.74 bits per heavy atom. The highest BCUT2D eigenvalue weighted by atomic mass is 16.2. The second-order valence-electron chi connectivity index (χ2n) is 8.42. The lowest BCUT2D eigenvalue weighted by atomic mass is 9.71. The number of amides is 2. The molecule has 1 saturated carbocycles. The van der Waals surface area contributed by atoms with Crippen LogP contribution < -0.4 is 16.6 Å². The number of benzene rings is 2. The third-order valence-electron chi connectivity index (χ3n) is 6.14. The minimum atomic E-state index is -0.506. The number of anilines is 1. The quantitative estimate of drug-likeness (QED) is 0.639. The average molecular weight is 418 g/mol. The molecular formula is C24H26N4O3. The van der Waals surface area contributed by atoms with Crippen LogP contribution in [0.4, 0.5) is 5.69 Å². The molecule has 0 atom stereocenters. The number of carbonyl (C=O) groups is 2. The Hall–Kier alpha value is -3.48. The van der Waals surface area contributed by atoms with Crippen LogP contribution in [0.3, 0.4) is 0 Å². The minimum Gasteiger partial charge on any atom is -0.366 e. The van der Waals surface area contributed by atoms with Crippen molar-refractivity contribution in [2.45, 2.75) is 45.1 Å². The van der Waals surface area contributed by atoms with Gasteiger partial charge in [-0.25, -0.2) is 4.98 Å². The summed E-state index contributed by atoms with van der Waals surface area (Å²) in [4.78, 5) is 41.5. The van der Waals surface area contributed by atoms with Gasteiger partial charge in [0.2, 0.25) is 11.8 Å². The van der Waals surface area contributed by atoms with E-state index in [1.54, 1.807) is 41.2 Å². The Morgan fingerprint density at radius 1 is 1.03 bits per heavy atom. The smallest absolute Gasteiger partial charge is 0.261 e. The maximum Gasteiger partial charge on any atom is 0.261 e. The van der Waals surface area contributed by atoms with Gasteiger partial charge in [-0.15, -0.1) is 0 Å². The van der Waals surface area contributed by atoms with Gasteiger partial charge in [0.1, 0.15) is 0 Å². The zero-order chi connectivity index (χ0) is 21.8. The van der Waals surface area contributed by atoms with Crippen LogP contribution in [-0.2, 0) is 11.3 Å². The molecule has 0 spiro atoms. The number of nitrogens with zero attached hydrogens (tertiary/aromatic N) is 2. The number of carbonyl (C=O) groups excluding carboxylic acids is 2. The van der Waals surface area contributed by atoms with Crippen molar-refractivity contribution in [1.29, 1.82) is 0 Å². The molecule has 3 N–H and O–H groups in total. The van der Waals surface area contributed by atoms with Crippen molar-refractivity contribution < 1.29 is 9.59 Å². The summed E-state index contributed by atoms with van der Waals surface area (Å²) in [6, 6.07) is 13.8. The zero-order valence-electron chi connectivity index (χ0n) is 17.3. The number of nitrogens with one attached hydrogen (secondary N) is 1. The highest BCUT2D eigenvalue weighted by Crippen LogP contribution is 2.41. The van der Waals surface area contributed by atoms with Gasteiger partial charge in [0, 0.05) is 24.2 Å². The number of nitrogens with two attached hydrogens (primary N) is 1. The van der Waals surface area contributed by atoms with Crippen molar-refractivity contribution >= 4 is 28.4 Å². The summed E-state index contributed by atoms with van der Waals surface area (Å²) >= 11 is 0. The first-order valence-electron chi connectivity index (χ1n) is 10.6. The maximum atomic E-state index is 13.0. The lowest BCUT2D eigenvalue weighted by Crippen LogP contribution is -2.37. The number of fused-ring (bicyclic) bond motifs is 1. The monoisotopic (exact) mass is 418 g/mol. The van der Waals surface area contributed by atoms with Crippen molar-refractivity contribution in [3.63, 3.8) is 0 Å². The Kier molecular flexibility index (Phi) is 5.84. The van der Waals surface area contributed by atoms with Crippen molar-refractivity contribution in [3.05, 3.63) is 70.8 Å². The molecule has 7 nitrogen and oxygen atoms in total. The predicted molar refractivity (Wildman–Crippen MR) is 120 cm³/mol. The van der Waals surface area contributed by atoms with Crippen molar-refractivity contribution in [2.24, 2.45) is 11.1 Å². The fraction of sp³-hybridized carbons (Fsp3) is 0.333. The Labute approximate surface area is 180 Å². The summed E-state index contributed by atoms with van der Waals surface area (Å²) in [6.07, 6.45) is 6.92. The first-order chi connectivity index (χ1) is 15.0. The van der Waals surface area contributed by atoms with Gasteiger partial charge < -0.3 is 11.1 Å². The van der Waals surface area contributed by atoms with Crippen molar-refractivity contribution in [3.8, 4) is 0 Å². The van der Waals surface area contributed by atoms with Crippen LogP contribution in [0.2, 0.25) is 0 Å². The number of rotatable bonds is 6. The number of aromatic nitrogens is 2. The molecule has 7 heteroatoms. The van der Waals surface area contributed by atoms with E-state index in [1.165, 1.54) is 0 Å². The summed E-state index contributed by atoms with van der Waals surface area (Å²) < 4.78 is 1.66. The van der Waals surface area contributed by atoms with Gasteiger partial charge in [-0.05, 0) is 54.7 Å². The number of primary amides is 1. The third-order valence-corrected chi connectivity index (χ3v) is 6.14. The molecule has 4 rings (SSSR count). The molecule has 0 aliphatic heterocycles.